The minimum Gasteiger partial charge on any atom is -0.351 e. The molecule has 1 aliphatic rings. The summed E-state index contributed by atoms with van der Waals surface area (Å²) in [5.41, 5.74) is 1.59. The van der Waals surface area contributed by atoms with Crippen molar-refractivity contribution >= 4 is 17.7 Å². The fourth-order valence-corrected chi connectivity index (χ4v) is 3.22. The minimum atomic E-state index is 0.0656. The van der Waals surface area contributed by atoms with Crippen molar-refractivity contribution in [2.24, 2.45) is 0 Å². The monoisotopic (exact) mass is 289 g/mol. The van der Waals surface area contributed by atoms with Gasteiger partial charge in [0.25, 0.3) is 0 Å². The van der Waals surface area contributed by atoms with Crippen molar-refractivity contribution in [1.29, 1.82) is 5.26 Å². The molecule has 0 radical (unpaired) electrons. The molecule has 0 atom stereocenters. The van der Waals surface area contributed by atoms with Crippen molar-refractivity contribution in [3.05, 3.63) is 35.4 Å². The summed E-state index contributed by atoms with van der Waals surface area (Å²) in [4.78, 5) is 11.8. The van der Waals surface area contributed by atoms with E-state index in [0.717, 1.165) is 31.5 Å². The molecule has 2 N–H and O–H groups in total. The van der Waals surface area contributed by atoms with Gasteiger partial charge in [-0.3, -0.25) is 4.79 Å². The Morgan fingerprint density at radius 2 is 2.25 bits per heavy atom. The lowest BCUT2D eigenvalue weighted by atomic mass is 10.1. The number of nitriles is 1. The van der Waals surface area contributed by atoms with Crippen molar-refractivity contribution < 1.29 is 4.79 Å². The second kappa shape index (κ2) is 7.93. The van der Waals surface area contributed by atoms with E-state index >= 15 is 0 Å². The number of nitrogens with one attached hydrogen (secondary N) is 2. The third-order valence-electron chi connectivity index (χ3n) is 3.28. The number of thioether (sulfide) groups is 1. The average Bonchev–Trinajstić information content (AvgIpc) is 2.52. The second-order valence-corrected chi connectivity index (χ2v) is 6.14. The SMILES string of the molecule is N#Cc1cccc(CNC(=O)CSC2CCNCC2)c1. The van der Waals surface area contributed by atoms with E-state index in [2.05, 4.69) is 16.7 Å². The van der Waals surface area contributed by atoms with Gasteiger partial charge in [-0.2, -0.15) is 5.26 Å². The van der Waals surface area contributed by atoms with Crippen LogP contribution in [0.1, 0.15) is 24.0 Å². The van der Waals surface area contributed by atoms with Crippen LogP contribution in [0.3, 0.4) is 0 Å². The van der Waals surface area contributed by atoms with Gasteiger partial charge in [0.15, 0.2) is 0 Å². The first-order valence-electron chi connectivity index (χ1n) is 6.86. The molecule has 4 nitrogen and oxygen atoms in total. The zero-order chi connectivity index (χ0) is 14.2. The van der Waals surface area contributed by atoms with Crippen LogP contribution in [-0.2, 0) is 11.3 Å². The van der Waals surface area contributed by atoms with Crippen LogP contribution < -0.4 is 10.6 Å². The van der Waals surface area contributed by atoms with Gasteiger partial charge in [0, 0.05) is 11.8 Å². The van der Waals surface area contributed by atoms with E-state index in [9.17, 15) is 4.79 Å². The molecule has 1 aromatic carbocycles. The van der Waals surface area contributed by atoms with Crippen LogP contribution in [0.15, 0.2) is 24.3 Å². The number of carbonyl (C=O) groups is 1. The van der Waals surface area contributed by atoms with Crippen LogP contribution in [0, 0.1) is 11.3 Å². The van der Waals surface area contributed by atoms with Gasteiger partial charge in [-0.15, -0.1) is 11.8 Å². The number of amides is 1. The van der Waals surface area contributed by atoms with E-state index in [1.165, 1.54) is 0 Å². The first kappa shape index (κ1) is 14.9. The molecular weight excluding hydrogens is 270 g/mol. The average molecular weight is 289 g/mol. The van der Waals surface area contributed by atoms with Gasteiger partial charge in [0.05, 0.1) is 17.4 Å². The zero-order valence-electron chi connectivity index (χ0n) is 11.4. The Morgan fingerprint density at radius 3 is 3.00 bits per heavy atom. The number of nitrogens with zero attached hydrogens (tertiary/aromatic N) is 1. The van der Waals surface area contributed by atoms with Gasteiger partial charge in [-0.05, 0) is 43.6 Å². The third-order valence-corrected chi connectivity index (χ3v) is 4.65. The van der Waals surface area contributed by atoms with Gasteiger partial charge < -0.3 is 10.6 Å². The smallest absolute Gasteiger partial charge is 0.230 e. The third kappa shape index (κ3) is 4.87. The maximum atomic E-state index is 11.8. The van der Waals surface area contributed by atoms with E-state index in [-0.39, 0.29) is 5.91 Å². The molecule has 0 unspecified atom stereocenters. The Balaban J connectivity index is 1.70. The standard InChI is InChI=1S/C15H19N3OS/c16-9-12-2-1-3-13(8-12)10-18-15(19)11-20-14-4-6-17-7-5-14/h1-3,8,14,17H,4-7,10-11H2,(H,18,19). The van der Waals surface area contributed by atoms with Gasteiger partial charge in [0.2, 0.25) is 5.91 Å². The Hall–Kier alpha value is -1.51. The Morgan fingerprint density at radius 1 is 1.45 bits per heavy atom. The van der Waals surface area contributed by atoms with Gasteiger partial charge in [-0.25, -0.2) is 0 Å². The molecule has 0 aromatic heterocycles. The molecule has 0 bridgehead atoms. The molecule has 1 fully saturated rings. The first-order chi connectivity index (χ1) is 9.78. The second-order valence-electron chi connectivity index (χ2n) is 4.85. The predicted molar refractivity (Wildman–Crippen MR) is 81.4 cm³/mol. The Labute approximate surface area is 123 Å². The number of rotatable bonds is 5. The highest BCUT2D eigenvalue weighted by atomic mass is 32.2. The zero-order valence-corrected chi connectivity index (χ0v) is 12.2. The summed E-state index contributed by atoms with van der Waals surface area (Å²) >= 11 is 1.74. The summed E-state index contributed by atoms with van der Waals surface area (Å²) in [5.74, 6) is 0.582. The predicted octanol–water partition coefficient (Wildman–Crippen LogP) is 1.66. The molecule has 2 rings (SSSR count). The van der Waals surface area contributed by atoms with E-state index in [1.54, 1.807) is 23.9 Å². The summed E-state index contributed by atoms with van der Waals surface area (Å²) < 4.78 is 0. The van der Waals surface area contributed by atoms with Crippen molar-refractivity contribution in [2.75, 3.05) is 18.8 Å². The molecule has 20 heavy (non-hydrogen) atoms. The summed E-state index contributed by atoms with van der Waals surface area (Å²) in [6.45, 7) is 2.60. The largest absolute Gasteiger partial charge is 0.351 e. The van der Waals surface area contributed by atoms with Crippen LogP contribution in [0.5, 0.6) is 0 Å². The molecule has 1 aromatic rings. The minimum absolute atomic E-state index is 0.0656. The highest BCUT2D eigenvalue weighted by Crippen LogP contribution is 2.19. The van der Waals surface area contributed by atoms with Crippen LogP contribution in [0.2, 0.25) is 0 Å². The van der Waals surface area contributed by atoms with Gasteiger partial charge in [0.1, 0.15) is 0 Å². The van der Waals surface area contributed by atoms with Crippen molar-refractivity contribution in [3.8, 4) is 6.07 Å². The molecule has 1 aliphatic heterocycles. The maximum absolute atomic E-state index is 11.8. The number of hydrogen-bond donors (Lipinski definition) is 2. The fraction of sp³-hybridized carbons (Fsp3) is 0.467. The first-order valence-corrected chi connectivity index (χ1v) is 7.91. The number of benzene rings is 1. The molecular formula is C15H19N3OS. The van der Waals surface area contributed by atoms with Gasteiger partial charge in [-0.1, -0.05) is 12.1 Å². The highest BCUT2D eigenvalue weighted by Gasteiger charge is 2.14. The number of piperidine rings is 1. The highest BCUT2D eigenvalue weighted by molar-refractivity contribution is 8.00. The van der Waals surface area contributed by atoms with Crippen LogP contribution in [-0.4, -0.2) is 30.0 Å². The number of carbonyl (C=O) groups excluding carboxylic acids is 1. The molecule has 1 amide bonds. The van der Waals surface area contributed by atoms with E-state index in [0.29, 0.717) is 23.1 Å². The van der Waals surface area contributed by atoms with Crippen molar-refractivity contribution in [1.82, 2.24) is 10.6 Å². The lowest BCUT2D eigenvalue weighted by molar-refractivity contribution is -0.118. The van der Waals surface area contributed by atoms with E-state index in [4.69, 9.17) is 5.26 Å². The fourth-order valence-electron chi connectivity index (χ4n) is 2.16. The lowest BCUT2D eigenvalue weighted by Crippen LogP contribution is -2.31. The Bertz CT molecular complexity index is 492. The normalized spacial score (nSPS) is 15.6. The molecule has 1 saturated heterocycles. The quantitative estimate of drug-likeness (QED) is 0.865. The van der Waals surface area contributed by atoms with E-state index in [1.807, 2.05) is 12.1 Å². The maximum Gasteiger partial charge on any atom is 0.230 e. The molecule has 0 aliphatic carbocycles. The molecule has 1 heterocycles. The Kier molecular flexibility index (Phi) is 5.90. The van der Waals surface area contributed by atoms with Crippen molar-refractivity contribution in [2.45, 2.75) is 24.6 Å². The summed E-state index contributed by atoms with van der Waals surface area (Å²) in [6.07, 6.45) is 2.28. The molecule has 0 spiro atoms. The van der Waals surface area contributed by atoms with Crippen molar-refractivity contribution in [3.63, 3.8) is 0 Å². The summed E-state index contributed by atoms with van der Waals surface area (Å²) in [6, 6.07) is 9.42. The number of hydrogen-bond acceptors (Lipinski definition) is 4. The van der Waals surface area contributed by atoms with Crippen LogP contribution in [0.25, 0.3) is 0 Å². The summed E-state index contributed by atoms with van der Waals surface area (Å²) in [7, 11) is 0. The van der Waals surface area contributed by atoms with Crippen LogP contribution >= 0.6 is 11.8 Å². The molecule has 5 heteroatoms. The van der Waals surface area contributed by atoms with Crippen LogP contribution in [0.4, 0.5) is 0 Å². The topological polar surface area (TPSA) is 64.9 Å². The lowest BCUT2D eigenvalue weighted by Gasteiger charge is -2.21. The summed E-state index contributed by atoms with van der Waals surface area (Å²) in [5, 5.41) is 15.6. The van der Waals surface area contributed by atoms with E-state index < -0.39 is 0 Å². The molecule has 106 valence electrons. The van der Waals surface area contributed by atoms with Gasteiger partial charge >= 0.3 is 0 Å². The molecule has 0 saturated carbocycles.